The Balaban J connectivity index is 1.27. The van der Waals surface area contributed by atoms with E-state index in [1.54, 1.807) is 18.3 Å². The Hall–Kier alpha value is -4.23. The SMILES string of the molecule is Cc1cc(Nc2nccc(C(F)(F)F)n2)cc(-c2cnc(C3(O)CCC(C(=O)Nc4ccc(O)cc4O)CC3)s2)c1. The monoisotopic (exact) mass is 585 g/mol. The van der Waals surface area contributed by atoms with Crippen LogP contribution in [0, 0.1) is 12.8 Å². The average Bonchev–Trinajstić information content (AvgIpc) is 3.42. The van der Waals surface area contributed by atoms with Crippen LogP contribution < -0.4 is 10.6 Å². The van der Waals surface area contributed by atoms with E-state index in [0.717, 1.165) is 34.3 Å². The molecule has 0 saturated heterocycles. The smallest absolute Gasteiger partial charge is 0.433 e. The Morgan fingerprint density at radius 2 is 1.83 bits per heavy atom. The minimum absolute atomic E-state index is 0.117. The van der Waals surface area contributed by atoms with E-state index in [1.807, 2.05) is 13.0 Å². The van der Waals surface area contributed by atoms with Gasteiger partial charge in [0.05, 0.1) is 10.6 Å². The molecule has 1 amide bonds. The van der Waals surface area contributed by atoms with E-state index in [9.17, 15) is 33.3 Å². The van der Waals surface area contributed by atoms with Gasteiger partial charge in [-0.05, 0) is 74.1 Å². The van der Waals surface area contributed by atoms with Crippen LogP contribution in [0.4, 0.5) is 30.5 Å². The molecule has 2 aromatic heterocycles. The van der Waals surface area contributed by atoms with Crippen LogP contribution >= 0.6 is 11.3 Å². The standard InChI is InChI=1S/C28H26F3N5O4S/c1-15-10-17(12-18(11-15)34-26-32-9-6-23(36-26)28(29,30)31)22-14-33-25(41-22)27(40)7-4-16(5-8-27)24(39)35-20-3-2-19(37)13-21(20)38/h2-3,6,9-14,16,37-38,40H,4-5,7-8H2,1H3,(H,35,39)(H,32,34,36). The molecule has 0 aliphatic heterocycles. The number of nitrogens with zero attached hydrogens (tertiary/aromatic N) is 3. The van der Waals surface area contributed by atoms with Crippen molar-refractivity contribution >= 4 is 34.6 Å². The minimum atomic E-state index is -4.59. The third kappa shape index (κ3) is 6.41. The lowest BCUT2D eigenvalue weighted by Crippen LogP contribution is -2.35. The van der Waals surface area contributed by atoms with Crippen LogP contribution in [0.1, 0.15) is 41.9 Å². The number of phenolic OH excluding ortho intramolecular Hbond substituents is 2. The predicted molar refractivity (Wildman–Crippen MR) is 147 cm³/mol. The first-order valence-electron chi connectivity index (χ1n) is 12.7. The van der Waals surface area contributed by atoms with Gasteiger partial charge in [-0.15, -0.1) is 11.3 Å². The Bertz CT molecular complexity index is 1590. The summed E-state index contributed by atoms with van der Waals surface area (Å²) in [6, 6.07) is 10.1. The number of hydrogen-bond donors (Lipinski definition) is 5. The number of hydrogen-bond acceptors (Lipinski definition) is 9. The average molecular weight is 586 g/mol. The van der Waals surface area contributed by atoms with Crippen molar-refractivity contribution in [2.45, 2.75) is 44.4 Å². The lowest BCUT2D eigenvalue weighted by molar-refractivity contribution is -0.141. The van der Waals surface area contributed by atoms with Crippen molar-refractivity contribution in [3.8, 4) is 21.9 Å². The first kappa shape index (κ1) is 28.3. The summed E-state index contributed by atoms with van der Waals surface area (Å²) in [6.07, 6.45) is -0.462. The third-order valence-corrected chi connectivity index (χ3v) is 8.13. The number of aryl methyl sites for hydroxylation is 1. The summed E-state index contributed by atoms with van der Waals surface area (Å²) in [5.41, 5.74) is 0.0419. The molecule has 13 heteroatoms. The highest BCUT2D eigenvalue weighted by Crippen LogP contribution is 2.43. The number of nitrogens with one attached hydrogen (secondary N) is 2. The van der Waals surface area contributed by atoms with Gasteiger partial charge in [-0.1, -0.05) is 6.07 Å². The van der Waals surface area contributed by atoms with Gasteiger partial charge in [0, 0.05) is 30.1 Å². The summed E-state index contributed by atoms with van der Waals surface area (Å²) in [5, 5.41) is 36.8. The van der Waals surface area contributed by atoms with Crippen molar-refractivity contribution in [2.75, 3.05) is 10.6 Å². The van der Waals surface area contributed by atoms with Gasteiger partial charge in [0.2, 0.25) is 11.9 Å². The van der Waals surface area contributed by atoms with Crippen LogP contribution in [0.5, 0.6) is 11.5 Å². The molecule has 5 N–H and O–H groups in total. The zero-order valence-corrected chi connectivity index (χ0v) is 22.6. The van der Waals surface area contributed by atoms with E-state index < -0.39 is 17.5 Å². The molecule has 41 heavy (non-hydrogen) atoms. The predicted octanol–water partition coefficient (Wildman–Crippen LogP) is 6.10. The molecule has 1 aliphatic carbocycles. The molecule has 4 aromatic rings. The molecule has 0 radical (unpaired) electrons. The van der Waals surface area contributed by atoms with Gasteiger partial charge in [-0.3, -0.25) is 4.79 Å². The highest BCUT2D eigenvalue weighted by molar-refractivity contribution is 7.15. The maximum absolute atomic E-state index is 13.0. The Kier molecular flexibility index (Phi) is 7.58. The van der Waals surface area contributed by atoms with Gasteiger partial charge >= 0.3 is 6.18 Å². The number of anilines is 3. The number of halogens is 3. The Morgan fingerprint density at radius 1 is 1.07 bits per heavy atom. The lowest BCUT2D eigenvalue weighted by atomic mass is 9.78. The Morgan fingerprint density at radius 3 is 2.54 bits per heavy atom. The highest BCUT2D eigenvalue weighted by atomic mass is 32.1. The fourth-order valence-electron chi connectivity index (χ4n) is 4.76. The number of phenols is 2. The summed E-state index contributed by atoms with van der Waals surface area (Å²) in [7, 11) is 0. The fourth-order valence-corrected chi connectivity index (χ4v) is 5.81. The van der Waals surface area contributed by atoms with Crippen molar-refractivity contribution < 1.29 is 33.3 Å². The second-order valence-corrected chi connectivity index (χ2v) is 11.0. The number of alkyl halides is 3. The Labute approximate surface area is 236 Å². The van der Waals surface area contributed by atoms with Gasteiger partial charge in [-0.2, -0.15) is 13.2 Å². The summed E-state index contributed by atoms with van der Waals surface area (Å²) in [4.78, 5) is 25.4. The first-order chi connectivity index (χ1) is 19.4. The number of thiazole rings is 1. The van der Waals surface area contributed by atoms with Crippen molar-refractivity contribution in [1.82, 2.24) is 15.0 Å². The zero-order chi connectivity index (χ0) is 29.4. The molecular weight excluding hydrogens is 559 g/mol. The number of aromatic nitrogens is 3. The maximum Gasteiger partial charge on any atom is 0.433 e. The zero-order valence-electron chi connectivity index (χ0n) is 21.7. The van der Waals surface area contributed by atoms with Crippen LogP contribution in [0.25, 0.3) is 10.4 Å². The number of aromatic hydroxyl groups is 2. The van der Waals surface area contributed by atoms with Gasteiger partial charge in [0.25, 0.3) is 0 Å². The van der Waals surface area contributed by atoms with Crippen molar-refractivity contribution in [1.29, 1.82) is 0 Å². The molecule has 1 saturated carbocycles. The lowest BCUT2D eigenvalue weighted by Gasteiger charge is -2.33. The molecule has 0 atom stereocenters. The normalized spacial score (nSPS) is 19.1. The van der Waals surface area contributed by atoms with Crippen molar-refractivity contribution in [3.05, 3.63) is 71.1 Å². The summed E-state index contributed by atoms with van der Waals surface area (Å²) < 4.78 is 39.1. The molecule has 5 rings (SSSR count). The van der Waals surface area contributed by atoms with Crippen LogP contribution in [0.15, 0.2) is 54.9 Å². The second-order valence-electron chi connectivity index (χ2n) is 10.0. The number of carbonyl (C=O) groups is 1. The van der Waals surface area contributed by atoms with E-state index >= 15 is 0 Å². The van der Waals surface area contributed by atoms with E-state index in [-0.39, 0.29) is 35.0 Å². The number of benzene rings is 2. The van der Waals surface area contributed by atoms with E-state index in [4.69, 9.17) is 0 Å². The minimum Gasteiger partial charge on any atom is -0.508 e. The van der Waals surface area contributed by atoms with Gasteiger partial charge in [0.15, 0.2) is 0 Å². The molecular formula is C28H26F3N5O4S. The molecule has 0 unspecified atom stereocenters. The van der Waals surface area contributed by atoms with Gasteiger partial charge in [-0.25, -0.2) is 15.0 Å². The molecule has 2 aromatic carbocycles. The summed E-state index contributed by atoms with van der Waals surface area (Å²) in [5.74, 6) is -1.19. The number of carbonyl (C=O) groups excluding carboxylic acids is 1. The van der Waals surface area contributed by atoms with Crippen LogP contribution in [-0.4, -0.2) is 36.2 Å². The van der Waals surface area contributed by atoms with Crippen LogP contribution in [-0.2, 0) is 16.6 Å². The summed E-state index contributed by atoms with van der Waals surface area (Å²) >= 11 is 1.31. The van der Waals surface area contributed by atoms with Gasteiger partial charge in [0.1, 0.15) is 27.8 Å². The number of amides is 1. The van der Waals surface area contributed by atoms with Crippen LogP contribution in [0.3, 0.4) is 0 Å². The van der Waals surface area contributed by atoms with E-state index in [1.165, 1.54) is 23.5 Å². The third-order valence-electron chi connectivity index (χ3n) is 6.89. The quantitative estimate of drug-likeness (QED) is 0.135. The maximum atomic E-state index is 13.0. The van der Waals surface area contributed by atoms with Gasteiger partial charge < -0.3 is 26.0 Å². The summed E-state index contributed by atoms with van der Waals surface area (Å²) in [6.45, 7) is 1.85. The topological polar surface area (TPSA) is 140 Å². The van der Waals surface area contributed by atoms with E-state index in [0.29, 0.717) is 36.4 Å². The molecule has 0 bridgehead atoms. The molecule has 9 nitrogen and oxygen atoms in total. The largest absolute Gasteiger partial charge is 0.508 e. The van der Waals surface area contributed by atoms with Crippen molar-refractivity contribution in [3.63, 3.8) is 0 Å². The van der Waals surface area contributed by atoms with E-state index in [2.05, 4.69) is 25.6 Å². The molecule has 0 spiro atoms. The van der Waals surface area contributed by atoms with Crippen LogP contribution in [0.2, 0.25) is 0 Å². The molecule has 1 fully saturated rings. The molecule has 1 aliphatic rings. The first-order valence-corrected chi connectivity index (χ1v) is 13.5. The highest BCUT2D eigenvalue weighted by Gasteiger charge is 2.39. The molecule has 2 heterocycles. The second kappa shape index (κ2) is 11.0. The molecule has 214 valence electrons. The fraction of sp³-hybridized carbons (Fsp3) is 0.286. The van der Waals surface area contributed by atoms with Crippen molar-refractivity contribution in [2.24, 2.45) is 5.92 Å². The number of aliphatic hydroxyl groups is 1. The number of rotatable bonds is 6.